The van der Waals surface area contributed by atoms with Crippen LogP contribution in [0.15, 0.2) is 52.1 Å². The molecule has 0 N–H and O–H groups in total. The van der Waals surface area contributed by atoms with Crippen molar-refractivity contribution in [2.24, 2.45) is 0 Å². The molecule has 1 aromatic heterocycles. The van der Waals surface area contributed by atoms with E-state index in [0.717, 1.165) is 16.9 Å². The Labute approximate surface area is 149 Å². The number of benzene rings is 2. The summed E-state index contributed by atoms with van der Waals surface area (Å²) in [6.07, 6.45) is 0. The van der Waals surface area contributed by atoms with Crippen molar-refractivity contribution in [2.45, 2.75) is 24.5 Å². The molecule has 7 heteroatoms. The van der Waals surface area contributed by atoms with Gasteiger partial charge in [0.25, 0.3) is 11.1 Å². The monoisotopic (exact) mass is 360 g/mol. The van der Waals surface area contributed by atoms with Gasteiger partial charge in [-0.2, -0.15) is 0 Å². The number of ether oxygens (including phenoxy) is 2. The molecule has 0 bridgehead atoms. The van der Waals surface area contributed by atoms with E-state index >= 15 is 0 Å². The molecule has 25 heavy (non-hydrogen) atoms. The van der Waals surface area contributed by atoms with E-state index in [9.17, 15) is 4.39 Å². The Kier molecular flexibility index (Phi) is 5.55. The summed E-state index contributed by atoms with van der Waals surface area (Å²) in [6, 6.07) is 12.1. The summed E-state index contributed by atoms with van der Waals surface area (Å²) in [6.45, 7) is 2.19. The minimum Gasteiger partial charge on any atom is -0.496 e. The number of thioether (sulfide) groups is 1. The summed E-state index contributed by atoms with van der Waals surface area (Å²) in [5, 5.41) is 8.33. The van der Waals surface area contributed by atoms with Crippen molar-refractivity contribution in [3.8, 4) is 11.5 Å². The molecule has 0 radical (unpaired) electrons. The zero-order valence-corrected chi connectivity index (χ0v) is 14.7. The molecule has 3 rings (SSSR count). The molecule has 1 heterocycles. The van der Waals surface area contributed by atoms with Gasteiger partial charge in [0, 0.05) is 11.3 Å². The zero-order valence-electron chi connectivity index (χ0n) is 13.9. The van der Waals surface area contributed by atoms with Crippen molar-refractivity contribution in [1.29, 1.82) is 0 Å². The lowest BCUT2D eigenvalue weighted by molar-refractivity contribution is 0.252. The number of hydrogen-bond donors (Lipinski definition) is 0. The smallest absolute Gasteiger partial charge is 0.277 e. The summed E-state index contributed by atoms with van der Waals surface area (Å²) >= 11 is 1.31. The second-order valence-corrected chi connectivity index (χ2v) is 6.24. The van der Waals surface area contributed by atoms with Crippen molar-refractivity contribution < 1.29 is 18.3 Å². The molecule has 3 aromatic rings. The van der Waals surface area contributed by atoms with Crippen molar-refractivity contribution in [3.63, 3.8) is 0 Å². The lowest BCUT2D eigenvalue weighted by Crippen LogP contribution is -1.95. The standard InChI is InChI=1S/C18H17FN2O3S/c1-12-4-3-5-15(8-12)23-10-17-20-21-18(24-17)25-11-13-9-14(19)6-7-16(13)22-2/h3-9H,10-11H2,1-2H3. The number of rotatable bonds is 7. The molecular weight excluding hydrogens is 343 g/mol. The average molecular weight is 360 g/mol. The van der Waals surface area contributed by atoms with Crippen LogP contribution >= 0.6 is 11.8 Å². The van der Waals surface area contributed by atoms with Gasteiger partial charge in [-0.3, -0.25) is 0 Å². The fraction of sp³-hybridized carbons (Fsp3) is 0.222. The fourth-order valence-electron chi connectivity index (χ4n) is 2.20. The van der Waals surface area contributed by atoms with Crippen LogP contribution in [0.5, 0.6) is 11.5 Å². The van der Waals surface area contributed by atoms with Gasteiger partial charge in [-0.1, -0.05) is 23.9 Å². The van der Waals surface area contributed by atoms with E-state index in [1.54, 1.807) is 13.2 Å². The molecule has 0 aliphatic rings. The lowest BCUT2D eigenvalue weighted by Gasteiger charge is -2.06. The van der Waals surface area contributed by atoms with Gasteiger partial charge in [-0.15, -0.1) is 10.2 Å². The third kappa shape index (κ3) is 4.73. The fourth-order valence-corrected chi connectivity index (χ4v) is 2.96. The van der Waals surface area contributed by atoms with Crippen molar-refractivity contribution >= 4 is 11.8 Å². The van der Waals surface area contributed by atoms with Crippen LogP contribution < -0.4 is 9.47 Å². The first-order chi connectivity index (χ1) is 12.1. The van der Waals surface area contributed by atoms with Crippen LogP contribution in [0.1, 0.15) is 17.0 Å². The first-order valence-corrected chi connectivity index (χ1v) is 8.59. The van der Waals surface area contributed by atoms with Gasteiger partial charge in [0.05, 0.1) is 7.11 Å². The second-order valence-electron chi connectivity index (χ2n) is 5.31. The predicted molar refractivity (Wildman–Crippen MR) is 92.3 cm³/mol. The number of methoxy groups -OCH3 is 1. The third-order valence-electron chi connectivity index (χ3n) is 3.39. The van der Waals surface area contributed by atoms with E-state index in [1.807, 2.05) is 31.2 Å². The van der Waals surface area contributed by atoms with Crippen molar-refractivity contribution in [3.05, 3.63) is 65.3 Å². The molecule has 0 aliphatic heterocycles. The molecule has 0 atom stereocenters. The van der Waals surface area contributed by atoms with Crippen LogP contribution in [0.4, 0.5) is 4.39 Å². The van der Waals surface area contributed by atoms with Gasteiger partial charge in [0.2, 0.25) is 0 Å². The molecule has 5 nitrogen and oxygen atoms in total. The van der Waals surface area contributed by atoms with Crippen LogP contribution in [0, 0.1) is 12.7 Å². The molecule has 130 valence electrons. The summed E-state index contributed by atoms with van der Waals surface area (Å²) < 4.78 is 29.8. The maximum atomic E-state index is 13.4. The maximum absolute atomic E-state index is 13.4. The molecule has 0 fully saturated rings. The lowest BCUT2D eigenvalue weighted by atomic mass is 10.2. The predicted octanol–water partition coefficient (Wildman–Crippen LogP) is 4.40. The molecule has 0 spiro atoms. The van der Waals surface area contributed by atoms with E-state index in [-0.39, 0.29) is 12.4 Å². The van der Waals surface area contributed by atoms with E-state index in [0.29, 0.717) is 22.6 Å². The Morgan fingerprint density at radius 2 is 2.04 bits per heavy atom. The number of aryl methyl sites for hydroxylation is 1. The highest BCUT2D eigenvalue weighted by molar-refractivity contribution is 7.98. The quantitative estimate of drug-likeness (QED) is 0.582. The Morgan fingerprint density at radius 3 is 2.84 bits per heavy atom. The molecule has 0 amide bonds. The summed E-state index contributed by atoms with van der Waals surface area (Å²) in [5.41, 5.74) is 1.84. The molecule has 0 saturated heterocycles. The van der Waals surface area contributed by atoms with Gasteiger partial charge in [-0.05, 0) is 42.8 Å². The van der Waals surface area contributed by atoms with Gasteiger partial charge in [0.15, 0.2) is 6.61 Å². The highest BCUT2D eigenvalue weighted by atomic mass is 32.2. The molecule has 0 aliphatic carbocycles. The highest BCUT2D eigenvalue weighted by Crippen LogP contribution is 2.28. The normalized spacial score (nSPS) is 10.7. The van der Waals surface area contributed by atoms with Crippen LogP contribution in [0.25, 0.3) is 0 Å². The van der Waals surface area contributed by atoms with E-state index in [4.69, 9.17) is 13.9 Å². The average Bonchev–Trinajstić information content (AvgIpc) is 3.06. The van der Waals surface area contributed by atoms with Gasteiger partial charge >= 0.3 is 0 Å². The van der Waals surface area contributed by atoms with Gasteiger partial charge in [-0.25, -0.2) is 4.39 Å². The minimum absolute atomic E-state index is 0.195. The second kappa shape index (κ2) is 8.02. The molecule has 0 saturated carbocycles. The molecule has 2 aromatic carbocycles. The van der Waals surface area contributed by atoms with Crippen LogP contribution in [0.3, 0.4) is 0 Å². The topological polar surface area (TPSA) is 57.4 Å². The van der Waals surface area contributed by atoms with Crippen molar-refractivity contribution in [2.75, 3.05) is 7.11 Å². The van der Waals surface area contributed by atoms with Gasteiger partial charge < -0.3 is 13.9 Å². The highest BCUT2D eigenvalue weighted by Gasteiger charge is 2.11. The zero-order chi connectivity index (χ0) is 17.6. The van der Waals surface area contributed by atoms with Crippen LogP contribution in [0.2, 0.25) is 0 Å². The number of aromatic nitrogens is 2. The van der Waals surface area contributed by atoms with Gasteiger partial charge in [0.1, 0.15) is 17.3 Å². The summed E-state index contributed by atoms with van der Waals surface area (Å²) in [7, 11) is 1.55. The Hall–Kier alpha value is -2.54. The number of halogens is 1. The van der Waals surface area contributed by atoms with Crippen LogP contribution in [-0.2, 0) is 12.4 Å². The number of hydrogen-bond acceptors (Lipinski definition) is 6. The largest absolute Gasteiger partial charge is 0.496 e. The Bertz CT molecular complexity index is 854. The first-order valence-electron chi connectivity index (χ1n) is 7.61. The molecular formula is C18H17FN2O3S. The van der Waals surface area contributed by atoms with E-state index in [2.05, 4.69) is 10.2 Å². The van der Waals surface area contributed by atoms with Crippen LogP contribution in [-0.4, -0.2) is 17.3 Å². The maximum Gasteiger partial charge on any atom is 0.277 e. The molecule has 0 unspecified atom stereocenters. The third-order valence-corrected chi connectivity index (χ3v) is 4.26. The van der Waals surface area contributed by atoms with E-state index < -0.39 is 0 Å². The van der Waals surface area contributed by atoms with Crippen molar-refractivity contribution in [1.82, 2.24) is 10.2 Å². The Balaban J connectivity index is 1.58. The minimum atomic E-state index is -0.311. The number of nitrogens with zero attached hydrogens (tertiary/aromatic N) is 2. The first kappa shape index (κ1) is 17.3. The summed E-state index contributed by atoms with van der Waals surface area (Å²) in [4.78, 5) is 0. The Morgan fingerprint density at radius 1 is 1.16 bits per heavy atom. The SMILES string of the molecule is COc1ccc(F)cc1CSc1nnc(COc2cccc(C)c2)o1. The summed E-state index contributed by atoms with van der Waals surface area (Å²) in [5.74, 6) is 1.90. The van der Waals surface area contributed by atoms with E-state index in [1.165, 1.54) is 23.9 Å².